The fourth-order valence-corrected chi connectivity index (χ4v) is 4.12. The van der Waals surface area contributed by atoms with E-state index < -0.39 is 0 Å². The maximum Gasteiger partial charge on any atom is 0.0406 e. The summed E-state index contributed by atoms with van der Waals surface area (Å²) in [6.45, 7) is 5.67. The number of nitrogens with one attached hydrogen (secondary N) is 1. The van der Waals surface area contributed by atoms with Crippen molar-refractivity contribution in [1.29, 1.82) is 0 Å². The van der Waals surface area contributed by atoms with Gasteiger partial charge in [-0.1, -0.05) is 43.0 Å². The third-order valence-corrected chi connectivity index (χ3v) is 5.40. The fraction of sp³-hybridized carbons (Fsp3) is 0.667. The van der Waals surface area contributed by atoms with Crippen molar-refractivity contribution in [1.82, 2.24) is 10.2 Å². The zero-order valence-corrected chi connectivity index (χ0v) is 13.8. The molecule has 0 aromatic heterocycles. The van der Waals surface area contributed by atoms with Gasteiger partial charge in [0.25, 0.3) is 0 Å². The van der Waals surface area contributed by atoms with Crippen LogP contribution in [0.4, 0.5) is 0 Å². The molecule has 3 heteroatoms. The van der Waals surface area contributed by atoms with Gasteiger partial charge in [-0.05, 0) is 43.4 Å². The van der Waals surface area contributed by atoms with Crippen molar-refractivity contribution in [2.75, 3.05) is 13.1 Å². The van der Waals surface area contributed by atoms with Gasteiger partial charge in [0, 0.05) is 36.7 Å². The Bertz CT molecular complexity index is 439. The van der Waals surface area contributed by atoms with E-state index in [0.29, 0.717) is 12.1 Å². The van der Waals surface area contributed by atoms with Crippen molar-refractivity contribution in [3.05, 3.63) is 34.9 Å². The molecule has 0 bridgehead atoms. The number of nitrogens with zero attached hydrogens (tertiary/aromatic N) is 1. The molecule has 1 heterocycles. The Kier molecular flexibility index (Phi) is 5.20. The number of halogens is 1. The number of piperazine rings is 1. The summed E-state index contributed by atoms with van der Waals surface area (Å²) in [6, 6.07) is 9.67. The molecule has 1 saturated carbocycles. The molecule has 1 saturated heterocycles. The van der Waals surface area contributed by atoms with Gasteiger partial charge in [0.1, 0.15) is 0 Å². The smallest absolute Gasteiger partial charge is 0.0406 e. The average Bonchev–Trinajstić information content (AvgIpc) is 2.51. The first-order chi connectivity index (χ1) is 10.2. The van der Waals surface area contributed by atoms with E-state index in [1.54, 1.807) is 0 Å². The standard InChI is InChI=1S/C18H27ClN2/c1-14-12-21(13-15-7-9-17(19)10-8-15)18(11-20-14)16-5-3-2-4-6-16/h7-10,14,16,18,20H,2-6,11-13H2,1H3. The van der Waals surface area contributed by atoms with E-state index in [2.05, 4.69) is 29.3 Å². The lowest BCUT2D eigenvalue weighted by molar-refractivity contribution is 0.0689. The van der Waals surface area contributed by atoms with Crippen LogP contribution in [0.15, 0.2) is 24.3 Å². The average molecular weight is 307 g/mol. The van der Waals surface area contributed by atoms with Gasteiger partial charge in [0.05, 0.1) is 0 Å². The summed E-state index contributed by atoms with van der Waals surface area (Å²) in [4.78, 5) is 2.71. The molecule has 1 N–H and O–H groups in total. The molecule has 0 radical (unpaired) electrons. The SMILES string of the molecule is CC1CN(Cc2ccc(Cl)cc2)C(C2CCCCC2)CN1. The van der Waals surface area contributed by atoms with Crippen molar-refractivity contribution >= 4 is 11.6 Å². The summed E-state index contributed by atoms with van der Waals surface area (Å²) < 4.78 is 0. The van der Waals surface area contributed by atoms with E-state index in [9.17, 15) is 0 Å². The minimum atomic E-state index is 0.595. The van der Waals surface area contributed by atoms with Crippen molar-refractivity contribution in [3.63, 3.8) is 0 Å². The van der Waals surface area contributed by atoms with Crippen LogP contribution in [0.2, 0.25) is 5.02 Å². The second-order valence-electron chi connectivity index (χ2n) is 6.83. The third kappa shape index (κ3) is 4.00. The highest BCUT2D eigenvalue weighted by atomic mass is 35.5. The van der Waals surface area contributed by atoms with Gasteiger partial charge in [-0.3, -0.25) is 4.90 Å². The quantitative estimate of drug-likeness (QED) is 0.905. The molecule has 2 unspecified atom stereocenters. The molecule has 2 atom stereocenters. The monoisotopic (exact) mass is 306 g/mol. The summed E-state index contributed by atoms with van der Waals surface area (Å²) >= 11 is 6.00. The van der Waals surface area contributed by atoms with E-state index in [0.717, 1.165) is 30.6 Å². The summed E-state index contributed by atoms with van der Waals surface area (Å²) in [5.74, 6) is 0.881. The van der Waals surface area contributed by atoms with Crippen LogP contribution in [0.1, 0.15) is 44.6 Å². The van der Waals surface area contributed by atoms with Crippen LogP contribution in [0, 0.1) is 5.92 Å². The predicted octanol–water partition coefficient (Wildman–Crippen LogP) is 4.08. The van der Waals surface area contributed by atoms with Crippen molar-refractivity contribution in [2.45, 2.75) is 57.7 Å². The molecule has 1 aliphatic heterocycles. The van der Waals surface area contributed by atoms with Gasteiger partial charge in [-0.15, -0.1) is 0 Å². The number of rotatable bonds is 3. The Morgan fingerprint density at radius 1 is 1.14 bits per heavy atom. The molecular weight excluding hydrogens is 280 g/mol. The van der Waals surface area contributed by atoms with Gasteiger partial charge in [-0.25, -0.2) is 0 Å². The Balaban J connectivity index is 1.69. The zero-order chi connectivity index (χ0) is 14.7. The van der Waals surface area contributed by atoms with Gasteiger partial charge < -0.3 is 5.32 Å². The van der Waals surface area contributed by atoms with Crippen molar-refractivity contribution in [2.24, 2.45) is 5.92 Å². The maximum absolute atomic E-state index is 6.00. The minimum absolute atomic E-state index is 0.595. The molecule has 1 aromatic carbocycles. The summed E-state index contributed by atoms with van der Waals surface area (Å²) in [6.07, 6.45) is 7.11. The Hall–Kier alpha value is -0.570. The molecule has 116 valence electrons. The maximum atomic E-state index is 6.00. The molecule has 1 aromatic rings. The van der Waals surface area contributed by atoms with E-state index in [4.69, 9.17) is 11.6 Å². The summed E-state index contributed by atoms with van der Waals surface area (Å²) in [5, 5.41) is 4.52. The first-order valence-electron chi connectivity index (χ1n) is 8.44. The van der Waals surface area contributed by atoms with Gasteiger partial charge in [-0.2, -0.15) is 0 Å². The molecule has 0 amide bonds. The van der Waals surface area contributed by atoms with Crippen LogP contribution in [0.5, 0.6) is 0 Å². The van der Waals surface area contributed by atoms with Crippen LogP contribution >= 0.6 is 11.6 Å². The fourth-order valence-electron chi connectivity index (χ4n) is 3.99. The molecule has 3 rings (SSSR count). The van der Waals surface area contributed by atoms with E-state index in [-0.39, 0.29) is 0 Å². The summed E-state index contributed by atoms with van der Waals surface area (Å²) in [5.41, 5.74) is 1.38. The lowest BCUT2D eigenvalue weighted by atomic mass is 9.82. The molecule has 2 aliphatic rings. The highest BCUT2D eigenvalue weighted by molar-refractivity contribution is 6.30. The van der Waals surface area contributed by atoms with Crippen LogP contribution in [0.3, 0.4) is 0 Å². The van der Waals surface area contributed by atoms with Gasteiger partial charge >= 0.3 is 0 Å². The first-order valence-corrected chi connectivity index (χ1v) is 8.82. The Labute approximate surface area is 133 Å². The summed E-state index contributed by atoms with van der Waals surface area (Å²) in [7, 11) is 0. The molecular formula is C18H27ClN2. The molecule has 2 fully saturated rings. The second kappa shape index (κ2) is 7.13. The molecule has 1 aliphatic carbocycles. The molecule has 2 nitrogen and oxygen atoms in total. The molecule has 21 heavy (non-hydrogen) atoms. The molecule has 0 spiro atoms. The number of benzene rings is 1. The Morgan fingerprint density at radius 3 is 2.57 bits per heavy atom. The largest absolute Gasteiger partial charge is 0.311 e. The van der Waals surface area contributed by atoms with Crippen LogP contribution in [-0.4, -0.2) is 30.1 Å². The van der Waals surface area contributed by atoms with Gasteiger partial charge in [0.2, 0.25) is 0 Å². The van der Waals surface area contributed by atoms with Gasteiger partial charge in [0.15, 0.2) is 0 Å². The topological polar surface area (TPSA) is 15.3 Å². The predicted molar refractivity (Wildman–Crippen MR) is 89.7 cm³/mol. The van der Waals surface area contributed by atoms with E-state index in [1.807, 2.05) is 12.1 Å². The van der Waals surface area contributed by atoms with E-state index in [1.165, 1.54) is 37.7 Å². The zero-order valence-electron chi connectivity index (χ0n) is 13.0. The third-order valence-electron chi connectivity index (χ3n) is 5.15. The van der Waals surface area contributed by atoms with Crippen LogP contribution < -0.4 is 5.32 Å². The van der Waals surface area contributed by atoms with Crippen LogP contribution in [0.25, 0.3) is 0 Å². The lowest BCUT2D eigenvalue weighted by Gasteiger charge is -2.44. The second-order valence-corrected chi connectivity index (χ2v) is 7.27. The number of hydrogen-bond donors (Lipinski definition) is 1. The highest BCUT2D eigenvalue weighted by Crippen LogP contribution is 2.31. The normalized spacial score (nSPS) is 28.7. The first kappa shape index (κ1) is 15.3. The lowest BCUT2D eigenvalue weighted by Crippen LogP contribution is -2.57. The van der Waals surface area contributed by atoms with E-state index >= 15 is 0 Å². The minimum Gasteiger partial charge on any atom is -0.311 e. The highest BCUT2D eigenvalue weighted by Gasteiger charge is 2.32. The van der Waals surface area contributed by atoms with Crippen molar-refractivity contribution in [3.8, 4) is 0 Å². The number of hydrogen-bond acceptors (Lipinski definition) is 2. The van der Waals surface area contributed by atoms with Crippen LogP contribution in [-0.2, 0) is 6.54 Å². The Morgan fingerprint density at radius 2 is 1.86 bits per heavy atom. The van der Waals surface area contributed by atoms with Crippen molar-refractivity contribution < 1.29 is 0 Å².